The van der Waals surface area contributed by atoms with Gasteiger partial charge in [-0.15, -0.1) is 0 Å². The summed E-state index contributed by atoms with van der Waals surface area (Å²) in [6.45, 7) is 1.92. The quantitative estimate of drug-likeness (QED) is 0.896. The Hall–Kier alpha value is -1.07. The third-order valence-corrected chi connectivity index (χ3v) is 4.77. The molecule has 1 atom stereocenters. The van der Waals surface area contributed by atoms with Gasteiger partial charge in [0.15, 0.2) is 0 Å². The summed E-state index contributed by atoms with van der Waals surface area (Å²) in [5.74, 6) is 0.646. The molecule has 0 aromatic heterocycles. The average Bonchev–Trinajstić information content (AvgIpc) is 2.45. The molecular formula is C15H20FNO2S. The number of carbonyl (C=O) groups excluding carboxylic acids is 1. The molecule has 1 saturated heterocycles. The minimum Gasteiger partial charge on any atom is -0.388 e. The Morgan fingerprint density at radius 1 is 1.45 bits per heavy atom. The van der Waals surface area contributed by atoms with E-state index in [1.165, 1.54) is 6.07 Å². The average molecular weight is 297 g/mol. The molecule has 0 spiro atoms. The number of nitrogens with one attached hydrogen (secondary N) is 1. The zero-order chi connectivity index (χ0) is 14.6. The molecular weight excluding hydrogens is 277 g/mol. The van der Waals surface area contributed by atoms with Gasteiger partial charge < -0.3 is 10.4 Å². The molecule has 1 heterocycles. The highest BCUT2D eigenvalue weighted by molar-refractivity contribution is 7.99. The summed E-state index contributed by atoms with van der Waals surface area (Å²) in [6.07, 6.45) is 1.37. The van der Waals surface area contributed by atoms with Gasteiger partial charge in [-0.2, -0.15) is 11.8 Å². The van der Waals surface area contributed by atoms with Crippen molar-refractivity contribution in [2.24, 2.45) is 0 Å². The lowest BCUT2D eigenvalue weighted by molar-refractivity contribution is -0.123. The molecule has 2 rings (SSSR count). The molecule has 5 heteroatoms. The predicted octanol–water partition coefficient (Wildman–Crippen LogP) is 2.30. The largest absolute Gasteiger partial charge is 0.388 e. The number of hydrogen-bond donors (Lipinski definition) is 2. The predicted molar refractivity (Wildman–Crippen MR) is 79.3 cm³/mol. The molecule has 2 N–H and O–H groups in total. The summed E-state index contributed by atoms with van der Waals surface area (Å²) in [7, 11) is 0. The van der Waals surface area contributed by atoms with E-state index in [2.05, 4.69) is 5.32 Å². The molecule has 0 saturated carbocycles. The first kappa shape index (κ1) is 15.3. The van der Waals surface area contributed by atoms with Crippen molar-refractivity contribution in [1.82, 2.24) is 5.32 Å². The van der Waals surface area contributed by atoms with E-state index in [9.17, 15) is 14.3 Å². The third kappa shape index (κ3) is 3.73. The van der Waals surface area contributed by atoms with Gasteiger partial charge in [0.1, 0.15) is 5.82 Å². The van der Waals surface area contributed by atoms with Gasteiger partial charge in [0.2, 0.25) is 5.91 Å². The zero-order valence-corrected chi connectivity index (χ0v) is 12.4. The SMILES string of the molecule is CC(C(=O)NCC1(O)CCSCC1)c1ccccc1F. The monoisotopic (exact) mass is 297 g/mol. The van der Waals surface area contributed by atoms with Crippen LogP contribution in [0.25, 0.3) is 0 Å². The van der Waals surface area contributed by atoms with E-state index in [-0.39, 0.29) is 18.3 Å². The molecule has 1 unspecified atom stereocenters. The summed E-state index contributed by atoms with van der Waals surface area (Å²) in [6, 6.07) is 6.29. The van der Waals surface area contributed by atoms with Crippen LogP contribution in [0, 0.1) is 5.82 Å². The van der Waals surface area contributed by atoms with E-state index in [1.807, 2.05) is 11.8 Å². The van der Waals surface area contributed by atoms with Gasteiger partial charge in [0, 0.05) is 6.54 Å². The molecule has 1 aliphatic heterocycles. The maximum absolute atomic E-state index is 13.6. The number of carbonyl (C=O) groups is 1. The van der Waals surface area contributed by atoms with Crippen molar-refractivity contribution in [3.63, 3.8) is 0 Å². The van der Waals surface area contributed by atoms with Crippen molar-refractivity contribution >= 4 is 17.7 Å². The fraction of sp³-hybridized carbons (Fsp3) is 0.533. The van der Waals surface area contributed by atoms with Crippen LogP contribution in [0.15, 0.2) is 24.3 Å². The van der Waals surface area contributed by atoms with Crippen molar-refractivity contribution in [3.05, 3.63) is 35.6 Å². The lowest BCUT2D eigenvalue weighted by Gasteiger charge is -2.32. The second-order valence-corrected chi connectivity index (χ2v) is 6.52. The van der Waals surface area contributed by atoms with Crippen LogP contribution in [0.1, 0.15) is 31.2 Å². The molecule has 0 bridgehead atoms. The van der Waals surface area contributed by atoms with Crippen LogP contribution in [0.5, 0.6) is 0 Å². The summed E-state index contributed by atoms with van der Waals surface area (Å²) >= 11 is 1.81. The summed E-state index contributed by atoms with van der Waals surface area (Å²) in [5, 5.41) is 13.1. The van der Waals surface area contributed by atoms with E-state index < -0.39 is 11.5 Å². The number of benzene rings is 1. The molecule has 20 heavy (non-hydrogen) atoms. The van der Waals surface area contributed by atoms with Crippen LogP contribution >= 0.6 is 11.8 Å². The highest BCUT2D eigenvalue weighted by Crippen LogP contribution is 2.26. The van der Waals surface area contributed by atoms with Crippen LogP contribution in [0.2, 0.25) is 0 Å². The molecule has 1 aliphatic rings. The highest BCUT2D eigenvalue weighted by atomic mass is 32.2. The summed E-state index contributed by atoms with van der Waals surface area (Å²) in [5.41, 5.74) is -0.424. The molecule has 1 aromatic carbocycles. The zero-order valence-electron chi connectivity index (χ0n) is 11.6. The molecule has 0 aliphatic carbocycles. The minimum atomic E-state index is -0.810. The number of rotatable bonds is 4. The minimum absolute atomic E-state index is 0.241. The molecule has 1 fully saturated rings. The second kappa shape index (κ2) is 6.59. The van der Waals surface area contributed by atoms with Crippen molar-refractivity contribution in [1.29, 1.82) is 0 Å². The Morgan fingerprint density at radius 3 is 2.75 bits per heavy atom. The van der Waals surface area contributed by atoms with Crippen LogP contribution in [0.4, 0.5) is 4.39 Å². The first-order chi connectivity index (χ1) is 9.52. The maximum atomic E-state index is 13.6. The van der Waals surface area contributed by atoms with E-state index in [4.69, 9.17) is 0 Å². The van der Waals surface area contributed by atoms with Crippen molar-refractivity contribution in [2.75, 3.05) is 18.1 Å². The molecule has 1 amide bonds. The number of aliphatic hydroxyl groups is 1. The van der Waals surface area contributed by atoms with Crippen LogP contribution in [-0.4, -0.2) is 34.7 Å². The van der Waals surface area contributed by atoms with E-state index in [1.54, 1.807) is 25.1 Å². The van der Waals surface area contributed by atoms with Gasteiger partial charge in [0.05, 0.1) is 11.5 Å². The Bertz CT molecular complexity index is 475. The topological polar surface area (TPSA) is 49.3 Å². The lowest BCUT2D eigenvalue weighted by Crippen LogP contribution is -2.46. The second-order valence-electron chi connectivity index (χ2n) is 5.30. The van der Waals surface area contributed by atoms with E-state index >= 15 is 0 Å². The van der Waals surface area contributed by atoms with Crippen molar-refractivity contribution in [2.45, 2.75) is 31.3 Å². The van der Waals surface area contributed by atoms with E-state index in [0.717, 1.165) is 11.5 Å². The van der Waals surface area contributed by atoms with Gasteiger partial charge in [-0.3, -0.25) is 4.79 Å². The Kier molecular flexibility index (Phi) is 5.05. The van der Waals surface area contributed by atoms with Crippen LogP contribution < -0.4 is 5.32 Å². The number of hydrogen-bond acceptors (Lipinski definition) is 3. The normalized spacial score (nSPS) is 19.4. The van der Waals surface area contributed by atoms with E-state index in [0.29, 0.717) is 18.4 Å². The molecule has 0 radical (unpaired) electrons. The Labute approximate surface area is 123 Å². The van der Waals surface area contributed by atoms with Crippen molar-refractivity contribution < 1.29 is 14.3 Å². The van der Waals surface area contributed by atoms with Crippen LogP contribution in [-0.2, 0) is 4.79 Å². The lowest BCUT2D eigenvalue weighted by atomic mass is 9.95. The van der Waals surface area contributed by atoms with Crippen LogP contribution in [0.3, 0.4) is 0 Å². The van der Waals surface area contributed by atoms with Gasteiger partial charge in [0.25, 0.3) is 0 Å². The van der Waals surface area contributed by atoms with Gasteiger partial charge in [-0.25, -0.2) is 4.39 Å². The fourth-order valence-corrected chi connectivity index (χ4v) is 3.55. The molecule has 110 valence electrons. The van der Waals surface area contributed by atoms with Gasteiger partial charge in [-0.1, -0.05) is 18.2 Å². The van der Waals surface area contributed by atoms with Gasteiger partial charge >= 0.3 is 0 Å². The fourth-order valence-electron chi connectivity index (χ4n) is 2.30. The molecule has 3 nitrogen and oxygen atoms in total. The Balaban J connectivity index is 1.93. The Morgan fingerprint density at radius 2 is 2.10 bits per heavy atom. The highest BCUT2D eigenvalue weighted by Gasteiger charge is 2.30. The van der Waals surface area contributed by atoms with Crippen molar-refractivity contribution in [3.8, 4) is 0 Å². The van der Waals surface area contributed by atoms with Gasteiger partial charge in [-0.05, 0) is 42.9 Å². The maximum Gasteiger partial charge on any atom is 0.227 e. The number of amides is 1. The third-order valence-electron chi connectivity index (χ3n) is 3.78. The standard InChI is InChI=1S/C15H20FNO2S/c1-11(12-4-2-3-5-13(12)16)14(18)17-10-15(19)6-8-20-9-7-15/h2-5,11,19H,6-10H2,1H3,(H,17,18). The first-order valence-corrected chi connectivity index (χ1v) is 8.00. The smallest absolute Gasteiger partial charge is 0.227 e. The summed E-state index contributed by atoms with van der Waals surface area (Å²) in [4.78, 5) is 12.1. The molecule has 1 aromatic rings. The summed E-state index contributed by atoms with van der Waals surface area (Å²) < 4.78 is 13.6. The number of thioether (sulfide) groups is 1. The number of halogens is 1. The first-order valence-electron chi connectivity index (χ1n) is 6.84.